The van der Waals surface area contributed by atoms with Crippen molar-refractivity contribution in [3.05, 3.63) is 42.1 Å². The first kappa shape index (κ1) is 11.7. The van der Waals surface area contributed by atoms with Crippen LogP contribution in [0.4, 0.5) is 0 Å². The normalized spacial score (nSPS) is 14.6. The molecule has 0 spiro atoms. The highest BCUT2D eigenvalue weighted by Gasteiger charge is 2.25. The van der Waals surface area contributed by atoms with Gasteiger partial charge >= 0.3 is 0 Å². The van der Waals surface area contributed by atoms with Crippen LogP contribution < -0.4 is 5.32 Å². The Morgan fingerprint density at radius 1 is 1.30 bits per heavy atom. The molecule has 1 aromatic carbocycles. The van der Waals surface area contributed by atoms with E-state index in [-0.39, 0.29) is 5.91 Å². The van der Waals surface area contributed by atoms with Crippen LogP contribution in [0.3, 0.4) is 0 Å². The first-order valence-corrected chi connectivity index (χ1v) is 7.38. The number of nitrogens with one attached hydrogen (secondary N) is 1. The van der Waals surface area contributed by atoms with Crippen molar-refractivity contribution >= 4 is 27.3 Å². The Kier molecular flexibility index (Phi) is 2.60. The number of amides is 1. The number of rotatable bonds is 3. The number of benzene rings is 1. The third kappa shape index (κ3) is 2.10. The highest BCUT2D eigenvalue weighted by molar-refractivity contribution is 7.22. The van der Waals surface area contributed by atoms with Gasteiger partial charge in [-0.1, -0.05) is 23.4 Å². The number of carbonyl (C=O) groups excluding carboxylic acids is 1. The number of hydrogen-bond donors (Lipinski definition) is 1. The van der Waals surface area contributed by atoms with Crippen LogP contribution in [-0.4, -0.2) is 17.1 Å². The summed E-state index contributed by atoms with van der Waals surface area (Å²) in [5.41, 5.74) is 0.351. The van der Waals surface area contributed by atoms with Gasteiger partial charge in [-0.3, -0.25) is 4.79 Å². The van der Waals surface area contributed by atoms with Gasteiger partial charge in [0.2, 0.25) is 0 Å². The van der Waals surface area contributed by atoms with Crippen LogP contribution in [0.2, 0.25) is 0 Å². The van der Waals surface area contributed by atoms with Crippen molar-refractivity contribution < 1.29 is 9.32 Å². The van der Waals surface area contributed by atoms with Gasteiger partial charge in [0.05, 0.1) is 4.88 Å². The lowest BCUT2D eigenvalue weighted by molar-refractivity contribution is 0.0942. The Morgan fingerprint density at radius 3 is 2.95 bits per heavy atom. The maximum atomic E-state index is 11.9. The number of carbonyl (C=O) groups is 1. The summed E-state index contributed by atoms with van der Waals surface area (Å²) in [5, 5.41) is 7.94. The van der Waals surface area contributed by atoms with Crippen molar-refractivity contribution in [2.75, 3.05) is 0 Å². The summed E-state index contributed by atoms with van der Waals surface area (Å²) in [6, 6.07) is 12.2. The molecule has 0 radical (unpaired) electrons. The molecule has 0 aliphatic heterocycles. The molecule has 1 saturated carbocycles. The number of nitrogens with zero attached hydrogens (tertiary/aromatic N) is 1. The molecule has 1 fully saturated rings. The van der Waals surface area contributed by atoms with E-state index in [1.807, 2.05) is 12.1 Å². The molecule has 1 aliphatic carbocycles. The zero-order valence-electron chi connectivity index (χ0n) is 10.6. The van der Waals surface area contributed by atoms with Gasteiger partial charge in [-0.25, -0.2) is 0 Å². The summed E-state index contributed by atoms with van der Waals surface area (Å²) in [6.07, 6.45) is 2.12. The summed E-state index contributed by atoms with van der Waals surface area (Å²) >= 11 is 1.64. The third-order valence-electron chi connectivity index (χ3n) is 3.32. The van der Waals surface area contributed by atoms with E-state index in [4.69, 9.17) is 4.52 Å². The number of fused-ring (bicyclic) bond motifs is 1. The van der Waals surface area contributed by atoms with Crippen LogP contribution in [0.15, 0.2) is 40.9 Å². The zero-order valence-corrected chi connectivity index (χ0v) is 11.4. The Hall–Kier alpha value is -2.14. The molecule has 3 aromatic rings. The van der Waals surface area contributed by atoms with Crippen LogP contribution in [0.5, 0.6) is 0 Å². The van der Waals surface area contributed by atoms with Crippen molar-refractivity contribution in [2.45, 2.75) is 18.9 Å². The molecule has 4 rings (SSSR count). The average molecular weight is 284 g/mol. The average Bonchev–Trinajstić information content (AvgIpc) is 3.00. The Labute approximate surface area is 119 Å². The number of hydrogen-bond acceptors (Lipinski definition) is 4. The fraction of sp³-hybridized carbons (Fsp3) is 0.200. The SMILES string of the molecule is O=C(NC1CC1)c1cc(-c2cc3ccccc3s2)on1. The predicted octanol–water partition coefficient (Wildman–Crippen LogP) is 3.45. The van der Waals surface area contributed by atoms with Gasteiger partial charge in [0.15, 0.2) is 11.5 Å². The fourth-order valence-corrected chi connectivity index (χ4v) is 3.10. The number of thiophene rings is 1. The molecule has 2 heterocycles. The molecule has 0 unspecified atom stereocenters. The molecule has 5 heteroatoms. The van der Waals surface area contributed by atoms with E-state index in [9.17, 15) is 4.79 Å². The topological polar surface area (TPSA) is 55.1 Å². The van der Waals surface area contributed by atoms with Crippen molar-refractivity contribution in [3.8, 4) is 10.6 Å². The van der Waals surface area contributed by atoms with E-state index in [0.717, 1.165) is 17.7 Å². The van der Waals surface area contributed by atoms with Crippen LogP contribution in [0, 0.1) is 0 Å². The monoisotopic (exact) mass is 284 g/mol. The first-order valence-electron chi connectivity index (χ1n) is 6.56. The van der Waals surface area contributed by atoms with Gasteiger partial charge in [0, 0.05) is 16.8 Å². The summed E-state index contributed by atoms with van der Waals surface area (Å²) in [5.74, 6) is 0.496. The van der Waals surface area contributed by atoms with Gasteiger partial charge < -0.3 is 9.84 Å². The molecular weight excluding hydrogens is 272 g/mol. The van der Waals surface area contributed by atoms with Gasteiger partial charge in [-0.15, -0.1) is 11.3 Å². The lowest BCUT2D eigenvalue weighted by Crippen LogP contribution is -2.25. The molecule has 1 N–H and O–H groups in total. The second kappa shape index (κ2) is 4.45. The lowest BCUT2D eigenvalue weighted by atomic mass is 10.2. The number of aromatic nitrogens is 1. The van der Waals surface area contributed by atoms with Gasteiger partial charge in [0.1, 0.15) is 0 Å². The van der Waals surface area contributed by atoms with E-state index in [1.165, 1.54) is 10.1 Å². The largest absolute Gasteiger partial charge is 0.355 e. The molecule has 4 nitrogen and oxygen atoms in total. The molecule has 1 amide bonds. The Morgan fingerprint density at radius 2 is 2.15 bits per heavy atom. The van der Waals surface area contributed by atoms with Gasteiger partial charge in [-0.05, 0) is 30.4 Å². The van der Waals surface area contributed by atoms with Crippen molar-refractivity contribution in [1.29, 1.82) is 0 Å². The quantitative estimate of drug-likeness (QED) is 0.801. The third-order valence-corrected chi connectivity index (χ3v) is 4.45. The minimum absolute atomic E-state index is 0.149. The van der Waals surface area contributed by atoms with E-state index < -0.39 is 0 Å². The van der Waals surface area contributed by atoms with Crippen LogP contribution in [0.25, 0.3) is 20.7 Å². The summed E-state index contributed by atoms with van der Waals surface area (Å²) in [7, 11) is 0. The molecule has 20 heavy (non-hydrogen) atoms. The maximum Gasteiger partial charge on any atom is 0.273 e. The summed E-state index contributed by atoms with van der Waals surface area (Å²) in [4.78, 5) is 12.9. The van der Waals surface area contributed by atoms with Crippen molar-refractivity contribution in [1.82, 2.24) is 10.5 Å². The Bertz CT molecular complexity index is 753. The lowest BCUT2D eigenvalue weighted by Gasteiger charge is -1.96. The fourth-order valence-electron chi connectivity index (χ4n) is 2.09. The minimum Gasteiger partial charge on any atom is -0.355 e. The van der Waals surface area contributed by atoms with Crippen LogP contribution >= 0.6 is 11.3 Å². The summed E-state index contributed by atoms with van der Waals surface area (Å²) < 4.78 is 6.50. The van der Waals surface area contributed by atoms with E-state index in [1.54, 1.807) is 17.4 Å². The summed E-state index contributed by atoms with van der Waals surface area (Å²) in [6.45, 7) is 0. The van der Waals surface area contributed by atoms with Crippen molar-refractivity contribution in [2.24, 2.45) is 0 Å². The van der Waals surface area contributed by atoms with E-state index in [0.29, 0.717) is 17.5 Å². The van der Waals surface area contributed by atoms with E-state index in [2.05, 4.69) is 28.7 Å². The molecule has 100 valence electrons. The van der Waals surface area contributed by atoms with Gasteiger partial charge in [0.25, 0.3) is 5.91 Å². The first-order chi connectivity index (χ1) is 9.79. The standard InChI is InChI=1S/C15H12N2O2S/c18-15(16-10-5-6-10)11-8-12(19-17-11)14-7-9-3-1-2-4-13(9)20-14/h1-4,7-8,10H,5-6H2,(H,16,18). The zero-order chi connectivity index (χ0) is 13.5. The van der Waals surface area contributed by atoms with Crippen LogP contribution in [0.1, 0.15) is 23.3 Å². The van der Waals surface area contributed by atoms with E-state index >= 15 is 0 Å². The second-order valence-electron chi connectivity index (χ2n) is 4.97. The minimum atomic E-state index is -0.149. The van der Waals surface area contributed by atoms with Gasteiger partial charge in [-0.2, -0.15) is 0 Å². The van der Waals surface area contributed by atoms with Crippen LogP contribution in [-0.2, 0) is 0 Å². The Balaban J connectivity index is 1.64. The molecule has 1 aliphatic rings. The smallest absolute Gasteiger partial charge is 0.273 e. The van der Waals surface area contributed by atoms with Crippen molar-refractivity contribution in [3.63, 3.8) is 0 Å². The molecule has 0 atom stereocenters. The molecular formula is C15H12N2O2S. The predicted molar refractivity (Wildman–Crippen MR) is 77.8 cm³/mol. The highest BCUT2D eigenvalue weighted by atomic mass is 32.1. The molecule has 0 bridgehead atoms. The highest BCUT2D eigenvalue weighted by Crippen LogP contribution is 2.33. The maximum absolute atomic E-state index is 11.9. The second-order valence-corrected chi connectivity index (χ2v) is 6.06. The molecule has 0 saturated heterocycles. The molecule has 2 aromatic heterocycles.